The first-order valence-corrected chi connectivity index (χ1v) is 4.98. The van der Waals surface area contributed by atoms with Crippen molar-refractivity contribution in [2.75, 3.05) is 7.11 Å². The number of nitrogens with zero attached hydrogens (tertiary/aromatic N) is 1. The van der Waals surface area contributed by atoms with Gasteiger partial charge in [-0.1, -0.05) is 11.6 Å². The molecule has 1 aromatic carbocycles. The van der Waals surface area contributed by atoms with Crippen LogP contribution in [-0.4, -0.2) is 23.2 Å². The summed E-state index contributed by atoms with van der Waals surface area (Å²) in [5, 5.41) is 9.06. The third-order valence-corrected chi connectivity index (χ3v) is 2.73. The Kier molecular flexibility index (Phi) is 2.85. The lowest BCUT2D eigenvalue weighted by atomic mass is 10.1. The van der Waals surface area contributed by atoms with Gasteiger partial charge in [-0.05, 0) is 12.1 Å². The molecule has 0 amide bonds. The smallest absolute Gasteiger partial charge is 0.338 e. The van der Waals surface area contributed by atoms with Gasteiger partial charge in [0.25, 0.3) is 0 Å². The minimum atomic E-state index is -1.21. The summed E-state index contributed by atoms with van der Waals surface area (Å²) in [4.78, 5) is 14.6. The lowest BCUT2D eigenvalue weighted by molar-refractivity contribution is 0.0697. The third-order valence-electron chi connectivity index (χ3n) is 2.33. The molecule has 0 aliphatic rings. The van der Waals surface area contributed by atoms with Crippen molar-refractivity contribution < 1.29 is 19.0 Å². The predicted molar refractivity (Wildman–Crippen MR) is 60.2 cm³/mol. The quantitative estimate of drug-likeness (QED) is 0.896. The van der Waals surface area contributed by atoms with Gasteiger partial charge in [-0.25, -0.2) is 9.18 Å². The molecule has 0 atom stereocenters. The van der Waals surface area contributed by atoms with Crippen LogP contribution < -0.4 is 4.74 Å². The average molecular weight is 256 g/mol. The molecular weight excluding hydrogens is 249 g/mol. The van der Waals surface area contributed by atoms with Crippen LogP contribution in [0.3, 0.4) is 0 Å². The van der Waals surface area contributed by atoms with Crippen molar-refractivity contribution in [3.05, 3.63) is 34.7 Å². The molecule has 0 bridgehead atoms. The minimum absolute atomic E-state index is 0.0145. The molecule has 2 aromatic rings. The highest BCUT2D eigenvalue weighted by Gasteiger charge is 2.16. The topological polar surface area (TPSA) is 59.4 Å². The van der Waals surface area contributed by atoms with Crippen molar-refractivity contribution >= 4 is 28.5 Å². The van der Waals surface area contributed by atoms with E-state index in [1.54, 1.807) is 0 Å². The van der Waals surface area contributed by atoms with Crippen molar-refractivity contribution in [1.29, 1.82) is 0 Å². The third kappa shape index (κ3) is 1.78. The molecule has 0 fully saturated rings. The van der Waals surface area contributed by atoms with Gasteiger partial charge < -0.3 is 9.84 Å². The highest BCUT2D eigenvalue weighted by molar-refractivity contribution is 6.38. The maximum atomic E-state index is 13.8. The Hall–Kier alpha value is -1.88. The summed E-state index contributed by atoms with van der Waals surface area (Å²) in [6.07, 6.45) is 1.02. The van der Waals surface area contributed by atoms with Crippen LogP contribution >= 0.6 is 11.6 Å². The van der Waals surface area contributed by atoms with E-state index in [2.05, 4.69) is 4.98 Å². The van der Waals surface area contributed by atoms with Gasteiger partial charge in [-0.2, -0.15) is 0 Å². The molecule has 17 heavy (non-hydrogen) atoms. The fourth-order valence-electron chi connectivity index (χ4n) is 1.49. The number of halogens is 2. The summed E-state index contributed by atoms with van der Waals surface area (Å²) in [7, 11) is 1.33. The highest BCUT2D eigenvalue weighted by atomic mass is 35.5. The molecule has 0 unspecified atom stereocenters. The zero-order valence-corrected chi connectivity index (χ0v) is 9.45. The highest BCUT2D eigenvalue weighted by Crippen LogP contribution is 2.31. The molecule has 1 N–H and O–H groups in total. The number of carbonyl (C=O) groups is 1. The van der Waals surface area contributed by atoms with E-state index in [1.165, 1.54) is 19.2 Å². The summed E-state index contributed by atoms with van der Waals surface area (Å²) in [5.74, 6) is -1.84. The summed E-state index contributed by atoms with van der Waals surface area (Å²) in [5.41, 5.74) is -0.178. The Bertz CT molecular complexity index is 615. The van der Waals surface area contributed by atoms with Gasteiger partial charge in [-0.3, -0.25) is 4.98 Å². The number of rotatable bonds is 2. The van der Waals surface area contributed by atoms with Crippen LogP contribution in [0.25, 0.3) is 10.9 Å². The minimum Gasteiger partial charge on any atom is -0.494 e. The summed E-state index contributed by atoms with van der Waals surface area (Å²) in [6.45, 7) is 0. The Balaban J connectivity index is 2.81. The molecule has 0 saturated carbocycles. The molecule has 88 valence electrons. The first kappa shape index (κ1) is 11.6. The zero-order valence-electron chi connectivity index (χ0n) is 8.70. The first-order chi connectivity index (χ1) is 8.06. The van der Waals surface area contributed by atoms with Gasteiger partial charge in [0, 0.05) is 11.6 Å². The monoisotopic (exact) mass is 255 g/mol. The normalized spacial score (nSPS) is 10.5. The second kappa shape index (κ2) is 4.18. The van der Waals surface area contributed by atoms with Crippen LogP contribution in [0.2, 0.25) is 5.02 Å². The zero-order chi connectivity index (χ0) is 12.6. The van der Waals surface area contributed by atoms with E-state index in [0.717, 1.165) is 6.20 Å². The second-order valence-electron chi connectivity index (χ2n) is 3.27. The van der Waals surface area contributed by atoms with Crippen molar-refractivity contribution in [3.63, 3.8) is 0 Å². The standard InChI is InChI=1S/C11H7ClFNO3/c1-17-7-3-2-5-8(12)6(11(15)16)4-14-10(5)9(7)13/h2-4H,1H3,(H,15,16). The van der Waals surface area contributed by atoms with Crippen LogP contribution in [0.4, 0.5) is 4.39 Å². The van der Waals surface area contributed by atoms with Crippen molar-refractivity contribution in [1.82, 2.24) is 4.98 Å². The van der Waals surface area contributed by atoms with Crippen LogP contribution in [-0.2, 0) is 0 Å². The van der Waals surface area contributed by atoms with Gasteiger partial charge in [0.2, 0.25) is 0 Å². The Morgan fingerprint density at radius 1 is 1.53 bits per heavy atom. The molecule has 1 heterocycles. The molecule has 0 aliphatic carbocycles. The number of aromatic carboxylic acids is 1. The van der Waals surface area contributed by atoms with E-state index >= 15 is 0 Å². The maximum Gasteiger partial charge on any atom is 0.338 e. The summed E-state index contributed by atoms with van der Waals surface area (Å²) in [6, 6.07) is 2.84. The molecule has 0 radical (unpaired) electrons. The van der Waals surface area contributed by atoms with Crippen molar-refractivity contribution in [2.45, 2.75) is 0 Å². The number of hydrogen-bond donors (Lipinski definition) is 1. The molecular formula is C11H7ClFNO3. The van der Waals surface area contributed by atoms with Gasteiger partial charge in [-0.15, -0.1) is 0 Å². The predicted octanol–water partition coefficient (Wildman–Crippen LogP) is 2.73. The van der Waals surface area contributed by atoms with Gasteiger partial charge in [0.05, 0.1) is 17.7 Å². The Morgan fingerprint density at radius 2 is 2.24 bits per heavy atom. The number of methoxy groups -OCH3 is 1. The number of fused-ring (bicyclic) bond motifs is 1. The first-order valence-electron chi connectivity index (χ1n) is 4.60. The van der Waals surface area contributed by atoms with E-state index in [1.807, 2.05) is 0 Å². The van der Waals surface area contributed by atoms with Gasteiger partial charge >= 0.3 is 5.97 Å². The van der Waals surface area contributed by atoms with Crippen LogP contribution in [0, 0.1) is 5.82 Å². The van der Waals surface area contributed by atoms with E-state index in [0.29, 0.717) is 0 Å². The number of hydrogen-bond acceptors (Lipinski definition) is 3. The van der Waals surface area contributed by atoms with Gasteiger partial charge in [0.1, 0.15) is 5.52 Å². The number of pyridine rings is 1. The lowest BCUT2D eigenvalue weighted by Gasteiger charge is -2.07. The molecule has 6 heteroatoms. The van der Waals surface area contributed by atoms with E-state index in [9.17, 15) is 9.18 Å². The molecule has 2 rings (SSSR count). The number of aromatic nitrogens is 1. The Morgan fingerprint density at radius 3 is 2.82 bits per heavy atom. The SMILES string of the molecule is COc1ccc2c(Cl)c(C(=O)O)cnc2c1F. The summed E-state index contributed by atoms with van der Waals surface area (Å²) < 4.78 is 18.6. The van der Waals surface area contributed by atoms with E-state index in [-0.39, 0.29) is 27.2 Å². The second-order valence-corrected chi connectivity index (χ2v) is 3.65. The van der Waals surface area contributed by atoms with E-state index in [4.69, 9.17) is 21.4 Å². The molecule has 0 spiro atoms. The molecule has 4 nitrogen and oxygen atoms in total. The number of ether oxygens (including phenoxy) is 1. The van der Waals surface area contributed by atoms with Crippen LogP contribution in [0.1, 0.15) is 10.4 Å². The van der Waals surface area contributed by atoms with Crippen molar-refractivity contribution in [2.24, 2.45) is 0 Å². The molecule has 0 aliphatic heterocycles. The fraction of sp³-hybridized carbons (Fsp3) is 0.0909. The van der Waals surface area contributed by atoms with Crippen LogP contribution in [0.15, 0.2) is 18.3 Å². The average Bonchev–Trinajstić information content (AvgIpc) is 2.30. The molecule has 0 saturated heterocycles. The molecule has 1 aromatic heterocycles. The number of benzene rings is 1. The van der Waals surface area contributed by atoms with Gasteiger partial charge in [0.15, 0.2) is 11.6 Å². The van der Waals surface area contributed by atoms with Crippen LogP contribution in [0.5, 0.6) is 5.75 Å². The largest absolute Gasteiger partial charge is 0.494 e. The number of carboxylic acid groups (broad SMARTS) is 1. The number of carboxylic acids is 1. The van der Waals surface area contributed by atoms with E-state index < -0.39 is 11.8 Å². The lowest BCUT2D eigenvalue weighted by Crippen LogP contribution is -2.00. The van der Waals surface area contributed by atoms with Crippen molar-refractivity contribution in [3.8, 4) is 5.75 Å². The maximum absolute atomic E-state index is 13.8. The fourth-order valence-corrected chi connectivity index (χ4v) is 1.77. The summed E-state index contributed by atoms with van der Waals surface area (Å²) >= 11 is 5.88. The Labute approximate surface area is 101 Å².